The van der Waals surface area contributed by atoms with E-state index in [1.165, 1.54) is 0 Å². The zero-order valence-electron chi connectivity index (χ0n) is 12.7. The van der Waals surface area contributed by atoms with Gasteiger partial charge < -0.3 is 14.5 Å². The lowest BCUT2D eigenvalue weighted by Crippen LogP contribution is -2.12. The number of hydrogen-bond acceptors (Lipinski definition) is 3. The van der Waals surface area contributed by atoms with Crippen molar-refractivity contribution >= 4 is 16.9 Å². The van der Waals surface area contributed by atoms with Crippen molar-refractivity contribution in [3.8, 4) is 5.75 Å². The Morgan fingerprint density at radius 2 is 1.95 bits per heavy atom. The molecule has 0 atom stereocenters. The maximum Gasteiger partial charge on any atom is 0.354 e. The molecule has 0 aliphatic carbocycles. The molecule has 0 spiro atoms. The smallest absolute Gasteiger partial charge is 0.354 e. The molecule has 0 amide bonds. The van der Waals surface area contributed by atoms with Crippen molar-refractivity contribution in [2.24, 2.45) is 0 Å². The fourth-order valence-corrected chi connectivity index (χ4v) is 2.23. The molecule has 0 aliphatic heterocycles. The Kier molecular flexibility index (Phi) is 3.75. The molecule has 0 bridgehead atoms. The van der Waals surface area contributed by atoms with Gasteiger partial charge in [-0.25, -0.2) is 4.79 Å². The number of rotatable bonds is 3. The van der Waals surface area contributed by atoms with Crippen LogP contribution < -0.4 is 4.74 Å². The number of nitrogens with one attached hydrogen (secondary N) is 1. The van der Waals surface area contributed by atoms with Gasteiger partial charge in [-0.1, -0.05) is 20.8 Å². The predicted octanol–water partition coefficient (Wildman–Crippen LogP) is 3.65. The van der Waals surface area contributed by atoms with Crippen LogP contribution in [0, 0.1) is 0 Å². The SMILES string of the molecule is CCOC(=O)c1cc2cc(C(C)(C)C)c(OC)cc2[nH]1. The van der Waals surface area contributed by atoms with Gasteiger partial charge in [0.15, 0.2) is 0 Å². The highest BCUT2D eigenvalue weighted by atomic mass is 16.5. The van der Waals surface area contributed by atoms with Gasteiger partial charge in [0, 0.05) is 22.5 Å². The molecule has 0 unspecified atom stereocenters. The first-order valence-corrected chi connectivity index (χ1v) is 6.75. The number of aromatic amines is 1. The molecular weight excluding hydrogens is 254 g/mol. The molecule has 108 valence electrons. The Morgan fingerprint density at radius 1 is 1.25 bits per heavy atom. The lowest BCUT2D eigenvalue weighted by atomic mass is 9.85. The number of esters is 1. The Labute approximate surface area is 119 Å². The molecule has 4 nitrogen and oxygen atoms in total. The summed E-state index contributed by atoms with van der Waals surface area (Å²) in [5, 5.41) is 0.985. The summed E-state index contributed by atoms with van der Waals surface area (Å²) in [6.45, 7) is 8.56. The fraction of sp³-hybridized carbons (Fsp3) is 0.438. The predicted molar refractivity (Wildman–Crippen MR) is 79.5 cm³/mol. The molecule has 1 N–H and O–H groups in total. The monoisotopic (exact) mass is 275 g/mol. The Morgan fingerprint density at radius 3 is 2.50 bits per heavy atom. The van der Waals surface area contributed by atoms with Crippen molar-refractivity contribution in [1.82, 2.24) is 4.98 Å². The average Bonchev–Trinajstić information content (AvgIpc) is 2.79. The molecule has 1 aromatic carbocycles. The van der Waals surface area contributed by atoms with E-state index in [9.17, 15) is 4.79 Å². The maximum absolute atomic E-state index is 11.8. The quantitative estimate of drug-likeness (QED) is 0.870. The van der Waals surface area contributed by atoms with E-state index in [0.717, 1.165) is 22.2 Å². The Bertz CT molecular complexity index is 635. The highest BCUT2D eigenvalue weighted by molar-refractivity contribution is 5.95. The number of fused-ring (bicyclic) bond motifs is 1. The van der Waals surface area contributed by atoms with E-state index in [0.29, 0.717) is 12.3 Å². The van der Waals surface area contributed by atoms with Crippen molar-refractivity contribution < 1.29 is 14.3 Å². The van der Waals surface area contributed by atoms with E-state index < -0.39 is 0 Å². The zero-order valence-corrected chi connectivity index (χ0v) is 12.7. The highest BCUT2D eigenvalue weighted by Crippen LogP contribution is 2.35. The summed E-state index contributed by atoms with van der Waals surface area (Å²) in [7, 11) is 1.66. The third-order valence-electron chi connectivity index (χ3n) is 3.24. The molecular formula is C16H21NO3. The van der Waals surface area contributed by atoms with Crippen LogP contribution in [0.4, 0.5) is 0 Å². The van der Waals surface area contributed by atoms with E-state index in [2.05, 4.69) is 31.8 Å². The van der Waals surface area contributed by atoms with Crippen LogP contribution in [-0.2, 0) is 10.2 Å². The number of hydrogen-bond donors (Lipinski definition) is 1. The minimum Gasteiger partial charge on any atom is -0.496 e. The number of H-pyrrole nitrogens is 1. The van der Waals surface area contributed by atoms with Gasteiger partial charge in [0.25, 0.3) is 0 Å². The van der Waals surface area contributed by atoms with Gasteiger partial charge in [0.1, 0.15) is 11.4 Å². The minimum atomic E-state index is -0.333. The van der Waals surface area contributed by atoms with Crippen LogP contribution in [0.3, 0.4) is 0 Å². The molecule has 1 heterocycles. The van der Waals surface area contributed by atoms with Crippen LogP contribution >= 0.6 is 0 Å². The summed E-state index contributed by atoms with van der Waals surface area (Å²) in [5.41, 5.74) is 2.43. The number of carbonyl (C=O) groups excluding carboxylic acids is 1. The number of methoxy groups -OCH3 is 1. The Hall–Kier alpha value is -1.97. The van der Waals surface area contributed by atoms with Crippen molar-refractivity contribution in [2.45, 2.75) is 33.1 Å². The molecule has 0 fully saturated rings. The molecule has 4 heteroatoms. The molecule has 0 aliphatic rings. The van der Waals surface area contributed by atoms with Gasteiger partial charge in [-0.2, -0.15) is 0 Å². The standard InChI is InChI=1S/C16H21NO3/c1-6-20-15(18)13-8-10-7-11(16(2,3)4)14(19-5)9-12(10)17-13/h7-9,17H,6H2,1-5H3. The first kappa shape index (κ1) is 14.4. The van der Waals surface area contributed by atoms with Gasteiger partial charge in [-0.05, 0) is 24.5 Å². The molecule has 20 heavy (non-hydrogen) atoms. The second-order valence-corrected chi connectivity index (χ2v) is 5.79. The minimum absolute atomic E-state index is 0.0269. The summed E-state index contributed by atoms with van der Waals surface area (Å²) in [6, 6.07) is 5.81. The average molecular weight is 275 g/mol. The third kappa shape index (κ3) is 2.64. The van der Waals surface area contributed by atoms with Crippen molar-refractivity contribution in [3.63, 3.8) is 0 Å². The topological polar surface area (TPSA) is 51.3 Å². The lowest BCUT2D eigenvalue weighted by Gasteiger charge is -2.22. The van der Waals surface area contributed by atoms with E-state index in [1.54, 1.807) is 14.0 Å². The Balaban J connectivity index is 2.55. The second-order valence-electron chi connectivity index (χ2n) is 5.79. The van der Waals surface area contributed by atoms with E-state index in [-0.39, 0.29) is 11.4 Å². The van der Waals surface area contributed by atoms with Crippen LogP contribution in [0.15, 0.2) is 18.2 Å². The number of ether oxygens (including phenoxy) is 2. The number of carbonyl (C=O) groups is 1. The maximum atomic E-state index is 11.8. The fourth-order valence-electron chi connectivity index (χ4n) is 2.23. The van der Waals surface area contributed by atoms with Crippen molar-refractivity contribution in [3.05, 3.63) is 29.5 Å². The van der Waals surface area contributed by atoms with Crippen LogP contribution in [-0.4, -0.2) is 24.7 Å². The number of benzene rings is 1. The van der Waals surface area contributed by atoms with Crippen molar-refractivity contribution in [1.29, 1.82) is 0 Å². The molecule has 0 radical (unpaired) electrons. The summed E-state index contributed by atoms with van der Waals surface area (Å²) >= 11 is 0. The molecule has 2 aromatic rings. The number of aromatic nitrogens is 1. The summed E-state index contributed by atoms with van der Waals surface area (Å²) in [5.74, 6) is 0.488. The van der Waals surface area contributed by atoms with Crippen molar-refractivity contribution in [2.75, 3.05) is 13.7 Å². The van der Waals surface area contributed by atoms with Gasteiger partial charge in [-0.3, -0.25) is 0 Å². The first-order chi connectivity index (χ1) is 9.36. The third-order valence-corrected chi connectivity index (χ3v) is 3.24. The van der Waals surface area contributed by atoms with Gasteiger partial charge in [-0.15, -0.1) is 0 Å². The summed E-state index contributed by atoms with van der Waals surface area (Å²) < 4.78 is 10.5. The summed E-state index contributed by atoms with van der Waals surface area (Å²) in [4.78, 5) is 14.8. The van der Waals surface area contributed by atoms with Gasteiger partial charge in [0.2, 0.25) is 0 Å². The van der Waals surface area contributed by atoms with Crippen LogP contribution in [0.25, 0.3) is 10.9 Å². The lowest BCUT2D eigenvalue weighted by molar-refractivity contribution is 0.0520. The largest absolute Gasteiger partial charge is 0.496 e. The van der Waals surface area contributed by atoms with Crippen LogP contribution in [0.2, 0.25) is 0 Å². The highest BCUT2D eigenvalue weighted by Gasteiger charge is 2.21. The summed E-state index contributed by atoms with van der Waals surface area (Å²) in [6.07, 6.45) is 0. The molecule has 0 saturated heterocycles. The molecule has 0 saturated carbocycles. The van der Waals surface area contributed by atoms with Crippen LogP contribution in [0.5, 0.6) is 5.75 Å². The molecule has 1 aromatic heterocycles. The van der Waals surface area contributed by atoms with Gasteiger partial charge >= 0.3 is 5.97 Å². The zero-order chi connectivity index (χ0) is 14.9. The van der Waals surface area contributed by atoms with E-state index in [1.807, 2.05) is 12.1 Å². The van der Waals surface area contributed by atoms with Gasteiger partial charge in [0.05, 0.1) is 13.7 Å². The second kappa shape index (κ2) is 5.19. The normalized spacial score (nSPS) is 11.7. The van der Waals surface area contributed by atoms with Crippen LogP contribution in [0.1, 0.15) is 43.7 Å². The van der Waals surface area contributed by atoms with E-state index in [4.69, 9.17) is 9.47 Å². The first-order valence-electron chi connectivity index (χ1n) is 6.75. The molecule has 2 rings (SSSR count). The van der Waals surface area contributed by atoms with E-state index >= 15 is 0 Å².